The highest BCUT2D eigenvalue weighted by Crippen LogP contribution is 2.48. The van der Waals surface area contributed by atoms with E-state index >= 15 is 0 Å². The van der Waals surface area contributed by atoms with Gasteiger partial charge in [0.1, 0.15) is 0 Å². The van der Waals surface area contributed by atoms with Crippen molar-refractivity contribution in [3.05, 3.63) is 0 Å². The van der Waals surface area contributed by atoms with Gasteiger partial charge in [-0.1, -0.05) is 7.60 Å². The lowest BCUT2D eigenvalue weighted by Crippen LogP contribution is -2.42. The van der Waals surface area contributed by atoms with E-state index in [-0.39, 0.29) is 30.5 Å². The van der Waals surface area contributed by atoms with Gasteiger partial charge in [0, 0.05) is 22.8 Å². The van der Waals surface area contributed by atoms with Crippen molar-refractivity contribution in [1.82, 2.24) is 0 Å². The van der Waals surface area contributed by atoms with E-state index in [1.807, 2.05) is 0 Å². The van der Waals surface area contributed by atoms with Gasteiger partial charge in [-0.15, -0.1) is 34.8 Å². The van der Waals surface area contributed by atoms with Crippen molar-refractivity contribution in [1.29, 1.82) is 0 Å². The topological polar surface area (TPSA) is 63.2 Å². The van der Waals surface area contributed by atoms with Crippen LogP contribution in [0.1, 0.15) is 12.8 Å². The van der Waals surface area contributed by atoms with Gasteiger partial charge in [-0.2, -0.15) is 0 Å². The maximum Gasteiger partial charge on any atom is 0.0326 e. The third-order valence-electron chi connectivity index (χ3n) is 1.95. The molecule has 0 aromatic heterocycles. The molecule has 7 heteroatoms. The number of hydrogen-bond donors (Lipinski definition) is 0. The van der Waals surface area contributed by atoms with Crippen molar-refractivity contribution in [2.24, 2.45) is 0 Å². The molecule has 0 rings (SSSR count). The average Bonchev–Trinajstić information content (AvgIpc) is 2.02. The van der Waals surface area contributed by atoms with Crippen molar-refractivity contribution >= 4 is 42.4 Å². The Morgan fingerprint density at radius 2 is 1.46 bits per heavy atom. The SMILES string of the molecule is O=P([O-])([O-])C(CCl)(CCCl)CCCl. The van der Waals surface area contributed by atoms with Gasteiger partial charge in [-0.05, 0) is 12.8 Å². The quantitative estimate of drug-likeness (QED) is 0.535. The second kappa shape index (κ2) is 5.79. The molecule has 0 aromatic carbocycles. The van der Waals surface area contributed by atoms with Crippen LogP contribution in [0, 0.1) is 0 Å². The first-order valence-corrected chi connectivity index (χ1v) is 6.78. The van der Waals surface area contributed by atoms with Crippen LogP contribution in [0.25, 0.3) is 0 Å². The van der Waals surface area contributed by atoms with Gasteiger partial charge >= 0.3 is 0 Å². The van der Waals surface area contributed by atoms with E-state index < -0.39 is 12.8 Å². The number of rotatable bonds is 6. The van der Waals surface area contributed by atoms with E-state index in [2.05, 4.69) is 0 Å². The van der Waals surface area contributed by atoms with Gasteiger partial charge in [0.05, 0.1) is 0 Å². The zero-order chi connectivity index (χ0) is 10.5. The fraction of sp³-hybridized carbons (Fsp3) is 1.00. The van der Waals surface area contributed by atoms with Crippen LogP contribution in [0.5, 0.6) is 0 Å². The van der Waals surface area contributed by atoms with Gasteiger partial charge in [0.15, 0.2) is 0 Å². The van der Waals surface area contributed by atoms with Crippen LogP contribution < -0.4 is 9.79 Å². The highest BCUT2D eigenvalue weighted by Gasteiger charge is 2.31. The number of hydrogen-bond acceptors (Lipinski definition) is 3. The molecule has 0 saturated heterocycles. The largest absolute Gasteiger partial charge is 0.810 e. The van der Waals surface area contributed by atoms with E-state index in [1.165, 1.54) is 0 Å². The summed E-state index contributed by atoms with van der Waals surface area (Å²) in [7, 11) is -4.74. The molecular formula is C6H10Cl3O3P-2. The monoisotopic (exact) mass is 266 g/mol. The van der Waals surface area contributed by atoms with E-state index in [4.69, 9.17) is 34.8 Å². The Balaban J connectivity index is 4.75. The van der Waals surface area contributed by atoms with Crippen LogP contribution in [-0.2, 0) is 4.57 Å². The molecule has 0 amide bonds. The van der Waals surface area contributed by atoms with Crippen LogP contribution >= 0.6 is 42.4 Å². The normalized spacial score (nSPS) is 13.3. The lowest BCUT2D eigenvalue weighted by atomic mass is 10.1. The van der Waals surface area contributed by atoms with Crippen LogP contribution in [0.2, 0.25) is 0 Å². The first kappa shape index (κ1) is 14.0. The molecule has 0 bridgehead atoms. The van der Waals surface area contributed by atoms with Gasteiger partial charge in [-0.25, -0.2) is 0 Å². The van der Waals surface area contributed by atoms with Crippen molar-refractivity contribution < 1.29 is 14.4 Å². The molecule has 0 aliphatic carbocycles. The summed E-state index contributed by atoms with van der Waals surface area (Å²) in [6.45, 7) is 0. The van der Waals surface area contributed by atoms with Crippen molar-refractivity contribution in [2.75, 3.05) is 17.6 Å². The molecule has 0 aliphatic heterocycles. The molecule has 0 aliphatic rings. The van der Waals surface area contributed by atoms with Gasteiger partial charge < -0.3 is 14.4 Å². The van der Waals surface area contributed by atoms with Crippen molar-refractivity contribution in [2.45, 2.75) is 18.0 Å². The van der Waals surface area contributed by atoms with E-state index in [1.54, 1.807) is 0 Å². The molecule has 0 spiro atoms. The molecule has 3 nitrogen and oxygen atoms in total. The average molecular weight is 267 g/mol. The summed E-state index contributed by atoms with van der Waals surface area (Å²) in [4.78, 5) is 21.9. The molecule has 0 aromatic rings. The number of halogens is 3. The van der Waals surface area contributed by atoms with Crippen LogP contribution in [0.4, 0.5) is 0 Å². The predicted octanol–water partition coefficient (Wildman–Crippen LogP) is 1.14. The van der Waals surface area contributed by atoms with Crippen LogP contribution in [0.15, 0.2) is 0 Å². The van der Waals surface area contributed by atoms with Gasteiger partial charge in [0.2, 0.25) is 0 Å². The summed E-state index contributed by atoms with van der Waals surface area (Å²) >= 11 is 16.3. The standard InChI is InChI=1S/C6H12Cl3O3P/c7-3-1-6(5-9,2-4-8)13(10,11)12/h1-5H2,(H2,10,11,12)/p-2. The second-order valence-electron chi connectivity index (χ2n) is 2.73. The molecule has 0 N–H and O–H groups in total. The predicted molar refractivity (Wildman–Crippen MR) is 51.7 cm³/mol. The zero-order valence-corrected chi connectivity index (χ0v) is 10.0. The first-order valence-electron chi connectivity index (χ1n) is 3.63. The van der Waals surface area contributed by atoms with E-state index in [0.29, 0.717) is 0 Å². The Morgan fingerprint density at radius 3 is 1.62 bits per heavy atom. The minimum atomic E-state index is -4.74. The molecule has 0 fully saturated rings. The smallest absolute Gasteiger partial charge is 0.0326 e. The lowest BCUT2D eigenvalue weighted by molar-refractivity contribution is -0.320. The Kier molecular flexibility index (Phi) is 6.25. The Bertz CT molecular complexity index is 188. The third kappa shape index (κ3) is 3.58. The molecule has 0 unspecified atom stereocenters. The van der Waals surface area contributed by atoms with Crippen molar-refractivity contribution in [3.8, 4) is 0 Å². The molecule has 13 heavy (non-hydrogen) atoms. The summed E-state index contributed by atoms with van der Waals surface area (Å²) in [5, 5.41) is -1.47. The summed E-state index contributed by atoms with van der Waals surface area (Å²) < 4.78 is 10.9. The Morgan fingerprint density at radius 1 is 1.08 bits per heavy atom. The second-order valence-corrected chi connectivity index (χ2v) is 5.70. The lowest BCUT2D eigenvalue weighted by Gasteiger charge is -2.48. The summed E-state index contributed by atoms with van der Waals surface area (Å²) in [5.41, 5.74) is 0. The zero-order valence-electron chi connectivity index (χ0n) is 6.84. The molecular weight excluding hydrogens is 257 g/mol. The Labute approximate surface area is 92.5 Å². The maximum absolute atomic E-state index is 10.9. The summed E-state index contributed by atoms with van der Waals surface area (Å²) in [6, 6.07) is 0. The van der Waals surface area contributed by atoms with Crippen molar-refractivity contribution in [3.63, 3.8) is 0 Å². The van der Waals surface area contributed by atoms with E-state index in [0.717, 1.165) is 0 Å². The third-order valence-corrected chi connectivity index (χ3v) is 4.79. The first-order chi connectivity index (χ1) is 5.93. The molecule has 0 heterocycles. The molecule has 0 saturated carbocycles. The molecule has 0 atom stereocenters. The molecule has 80 valence electrons. The Hall–Kier alpha value is 1.02. The van der Waals surface area contributed by atoms with Gasteiger partial charge in [0.25, 0.3) is 0 Å². The molecule has 0 radical (unpaired) electrons. The summed E-state index contributed by atoms with van der Waals surface area (Å²) in [5.74, 6) is -0.0904. The van der Waals surface area contributed by atoms with Crippen LogP contribution in [0.3, 0.4) is 0 Å². The van der Waals surface area contributed by atoms with Gasteiger partial charge in [-0.3, -0.25) is 0 Å². The van der Waals surface area contributed by atoms with Crippen LogP contribution in [-0.4, -0.2) is 22.8 Å². The minimum absolute atomic E-state index is 0.0506. The highest BCUT2D eigenvalue weighted by molar-refractivity contribution is 7.50. The maximum atomic E-state index is 10.9. The summed E-state index contributed by atoms with van der Waals surface area (Å²) in [6.07, 6.45) is 0.101. The minimum Gasteiger partial charge on any atom is -0.810 e. The number of alkyl halides is 3. The highest BCUT2D eigenvalue weighted by atomic mass is 35.5. The fourth-order valence-electron chi connectivity index (χ4n) is 0.957. The van der Waals surface area contributed by atoms with E-state index in [9.17, 15) is 14.4 Å². The fourth-order valence-corrected chi connectivity index (χ4v) is 3.57.